The Hall–Kier alpha value is -2.15. The van der Waals surface area contributed by atoms with Gasteiger partial charge in [0, 0.05) is 0 Å². The van der Waals surface area contributed by atoms with E-state index in [1.165, 1.54) is 24.3 Å². The molecule has 0 amide bonds. The van der Waals surface area contributed by atoms with Crippen LogP contribution in [-0.2, 0) is 10.0 Å². The fourth-order valence-electron chi connectivity index (χ4n) is 1.77. The quantitative estimate of drug-likeness (QED) is 0.862. The van der Waals surface area contributed by atoms with Crippen molar-refractivity contribution in [3.05, 3.63) is 47.9 Å². The number of aryl methyl sites for hydroxylation is 1. The number of halogens is 1. The summed E-state index contributed by atoms with van der Waals surface area (Å²) >= 11 is 0. The van der Waals surface area contributed by atoms with Gasteiger partial charge in [0.1, 0.15) is 11.6 Å². The van der Waals surface area contributed by atoms with Crippen LogP contribution in [0, 0.1) is 12.9 Å². The van der Waals surface area contributed by atoms with Gasteiger partial charge in [-0.1, -0.05) is 6.07 Å². The summed E-state index contributed by atoms with van der Waals surface area (Å²) in [6.07, 6.45) is 0. The fourth-order valence-corrected chi connectivity index (χ4v) is 2.85. The van der Waals surface area contributed by atoms with Crippen molar-refractivity contribution in [2.24, 2.45) is 0 Å². The molecule has 21 heavy (non-hydrogen) atoms. The molecule has 0 saturated carbocycles. The average Bonchev–Trinajstić information content (AvgIpc) is 2.40. The lowest BCUT2D eigenvalue weighted by molar-refractivity contribution is 0.337. The van der Waals surface area contributed by atoms with Crippen LogP contribution < -0.4 is 9.46 Å². The van der Waals surface area contributed by atoms with E-state index in [-0.39, 0.29) is 10.7 Å². The minimum atomic E-state index is -3.82. The Morgan fingerprint density at radius 1 is 1.29 bits per heavy atom. The van der Waals surface area contributed by atoms with E-state index in [1.807, 2.05) is 6.92 Å². The molecule has 112 valence electrons. The minimum Gasteiger partial charge on any atom is -0.494 e. The molecule has 0 saturated heterocycles. The molecule has 0 unspecified atom stereocenters. The van der Waals surface area contributed by atoms with Crippen LogP contribution in [-0.4, -0.2) is 20.0 Å². The summed E-state index contributed by atoms with van der Waals surface area (Å²) in [4.78, 5) is 3.54. The van der Waals surface area contributed by atoms with Gasteiger partial charge in [-0.25, -0.2) is 13.4 Å². The molecule has 0 aliphatic rings. The number of pyridine rings is 1. The Labute approximate surface area is 122 Å². The van der Waals surface area contributed by atoms with E-state index in [0.717, 1.165) is 6.07 Å². The van der Waals surface area contributed by atoms with Crippen molar-refractivity contribution in [1.82, 2.24) is 4.98 Å². The minimum absolute atomic E-state index is 0.0644. The van der Waals surface area contributed by atoms with Crippen molar-refractivity contribution in [2.45, 2.75) is 18.7 Å². The summed E-state index contributed by atoms with van der Waals surface area (Å²) < 4.78 is 45.0. The fraction of sp³-hybridized carbons (Fsp3) is 0.214. The molecule has 0 fully saturated rings. The molecule has 1 aromatic carbocycles. The van der Waals surface area contributed by atoms with Crippen LogP contribution in [0.2, 0.25) is 0 Å². The zero-order valence-corrected chi connectivity index (χ0v) is 12.4. The van der Waals surface area contributed by atoms with Crippen LogP contribution in [0.15, 0.2) is 41.3 Å². The first-order valence-corrected chi connectivity index (χ1v) is 7.79. The first-order valence-electron chi connectivity index (χ1n) is 6.31. The van der Waals surface area contributed by atoms with Crippen LogP contribution >= 0.6 is 0 Å². The molecule has 2 rings (SSSR count). The molecule has 0 atom stereocenters. The maximum absolute atomic E-state index is 13.0. The number of sulfonamides is 1. The Morgan fingerprint density at radius 3 is 2.67 bits per heavy atom. The number of nitrogens with zero attached hydrogens (tertiary/aromatic N) is 1. The van der Waals surface area contributed by atoms with Crippen LogP contribution in [0.1, 0.15) is 12.5 Å². The number of hydrogen-bond acceptors (Lipinski definition) is 4. The summed E-state index contributed by atoms with van der Waals surface area (Å²) in [6.45, 7) is 4.10. The summed E-state index contributed by atoms with van der Waals surface area (Å²) in [5, 5.41) is 0. The second-order valence-electron chi connectivity index (χ2n) is 4.31. The maximum atomic E-state index is 13.0. The third-order valence-electron chi connectivity index (χ3n) is 2.71. The van der Waals surface area contributed by atoms with Crippen molar-refractivity contribution in [3.63, 3.8) is 0 Å². The van der Waals surface area contributed by atoms with Gasteiger partial charge in [-0.2, -0.15) is 4.39 Å². The third kappa shape index (κ3) is 3.69. The van der Waals surface area contributed by atoms with Gasteiger partial charge in [0.25, 0.3) is 10.0 Å². The monoisotopic (exact) mass is 310 g/mol. The van der Waals surface area contributed by atoms with Gasteiger partial charge in [0.05, 0.1) is 11.5 Å². The highest BCUT2D eigenvalue weighted by atomic mass is 32.2. The van der Waals surface area contributed by atoms with Gasteiger partial charge in [-0.15, -0.1) is 0 Å². The van der Waals surface area contributed by atoms with Gasteiger partial charge < -0.3 is 4.74 Å². The standard InChI is InChI=1S/C14H15FN2O3S/c1-3-20-12-8-7-11(9-10(12)2)21(18,19)17-14-6-4-5-13(15)16-14/h4-9H,3H2,1-2H3,(H,16,17). The lowest BCUT2D eigenvalue weighted by Gasteiger charge is -2.11. The molecule has 0 aliphatic carbocycles. The molecular weight excluding hydrogens is 295 g/mol. The Balaban J connectivity index is 2.29. The van der Waals surface area contributed by atoms with Crippen molar-refractivity contribution < 1.29 is 17.5 Å². The topological polar surface area (TPSA) is 68.3 Å². The second-order valence-corrected chi connectivity index (χ2v) is 5.99. The SMILES string of the molecule is CCOc1ccc(S(=O)(=O)Nc2cccc(F)n2)cc1C. The Morgan fingerprint density at radius 2 is 2.05 bits per heavy atom. The number of nitrogens with one attached hydrogen (secondary N) is 1. The van der Waals surface area contributed by atoms with Crippen molar-refractivity contribution >= 4 is 15.8 Å². The van der Waals surface area contributed by atoms with Gasteiger partial charge in [0.15, 0.2) is 0 Å². The van der Waals surface area contributed by atoms with E-state index < -0.39 is 16.0 Å². The molecule has 7 heteroatoms. The summed E-state index contributed by atoms with van der Waals surface area (Å²) in [5.41, 5.74) is 0.701. The van der Waals surface area contributed by atoms with E-state index in [9.17, 15) is 12.8 Å². The Bertz CT molecular complexity index is 748. The first-order chi connectivity index (χ1) is 9.92. The highest BCUT2D eigenvalue weighted by Gasteiger charge is 2.16. The van der Waals surface area contributed by atoms with Crippen molar-refractivity contribution in [3.8, 4) is 5.75 Å². The molecule has 0 aliphatic heterocycles. The lowest BCUT2D eigenvalue weighted by Crippen LogP contribution is -2.14. The number of aromatic nitrogens is 1. The molecule has 0 bridgehead atoms. The molecule has 1 aromatic heterocycles. The van der Waals surface area contributed by atoms with Crippen molar-refractivity contribution in [2.75, 3.05) is 11.3 Å². The van der Waals surface area contributed by atoms with Crippen LogP contribution in [0.25, 0.3) is 0 Å². The third-order valence-corrected chi connectivity index (χ3v) is 4.06. The zero-order valence-electron chi connectivity index (χ0n) is 11.6. The summed E-state index contributed by atoms with van der Waals surface area (Å²) in [6, 6.07) is 8.41. The van der Waals surface area contributed by atoms with Gasteiger partial charge in [0.2, 0.25) is 5.95 Å². The molecular formula is C14H15FN2O3S. The number of anilines is 1. The molecule has 0 spiro atoms. The highest BCUT2D eigenvalue weighted by molar-refractivity contribution is 7.92. The summed E-state index contributed by atoms with van der Waals surface area (Å²) in [7, 11) is -3.82. The van der Waals surface area contributed by atoms with Crippen LogP contribution in [0.5, 0.6) is 5.75 Å². The predicted molar refractivity (Wildman–Crippen MR) is 77.4 cm³/mol. The van der Waals surface area contributed by atoms with E-state index in [1.54, 1.807) is 13.0 Å². The van der Waals surface area contributed by atoms with Crippen molar-refractivity contribution in [1.29, 1.82) is 0 Å². The highest BCUT2D eigenvalue weighted by Crippen LogP contribution is 2.23. The molecule has 1 N–H and O–H groups in total. The number of benzene rings is 1. The molecule has 0 radical (unpaired) electrons. The molecule has 1 heterocycles. The van der Waals surface area contributed by atoms with Crippen LogP contribution in [0.3, 0.4) is 0 Å². The smallest absolute Gasteiger partial charge is 0.263 e. The number of hydrogen-bond donors (Lipinski definition) is 1. The van der Waals surface area contributed by atoms with E-state index in [4.69, 9.17) is 4.74 Å². The normalized spacial score (nSPS) is 11.2. The first kappa shape index (κ1) is 15.2. The predicted octanol–water partition coefficient (Wildman–Crippen LogP) is 2.73. The second kappa shape index (κ2) is 6.09. The van der Waals surface area contributed by atoms with Gasteiger partial charge in [-0.3, -0.25) is 4.72 Å². The lowest BCUT2D eigenvalue weighted by atomic mass is 10.2. The Kier molecular flexibility index (Phi) is 4.42. The van der Waals surface area contributed by atoms with E-state index >= 15 is 0 Å². The van der Waals surface area contributed by atoms with Gasteiger partial charge >= 0.3 is 0 Å². The molecule has 2 aromatic rings. The zero-order chi connectivity index (χ0) is 15.5. The average molecular weight is 310 g/mol. The van der Waals surface area contributed by atoms with Crippen LogP contribution in [0.4, 0.5) is 10.2 Å². The number of ether oxygens (including phenoxy) is 1. The maximum Gasteiger partial charge on any atom is 0.263 e. The largest absolute Gasteiger partial charge is 0.494 e. The molecule has 5 nitrogen and oxygen atoms in total. The van der Waals surface area contributed by atoms with E-state index in [0.29, 0.717) is 17.9 Å². The van der Waals surface area contributed by atoms with E-state index in [2.05, 4.69) is 9.71 Å². The number of rotatable bonds is 5. The van der Waals surface area contributed by atoms with Gasteiger partial charge in [-0.05, 0) is 49.7 Å². The summed E-state index contributed by atoms with van der Waals surface area (Å²) in [5.74, 6) is -0.194.